The molecule has 1 saturated carbocycles. The topological polar surface area (TPSA) is 49.4 Å². The van der Waals surface area contributed by atoms with Crippen LogP contribution < -0.4 is 5.32 Å². The fraction of sp³-hybridized carbons (Fsp3) is 0.750. The van der Waals surface area contributed by atoms with Crippen molar-refractivity contribution in [2.24, 2.45) is 0 Å². The highest BCUT2D eigenvalue weighted by Gasteiger charge is 2.41. The van der Waals surface area contributed by atoms with Crippen LogP contribution in [0.3, 0.4) is 0 Å². The molecule has 0 aromatic rings. The van der Waals surface area contributed by atoms with Crippen molar-refractivity contribution in [3.05, 3.63) is 0 Å². The third kappa shape index (κ3) is 0.906. The summed E-state index contributed by atoms with van der Waals surface area (Å²) < 4.78 is 0. The SMILES string of the molecule is CC1NC(=O)N(C2CCC2)C1=O. The van der Waals surface area contributed by atoms with Gasteiger partial charge in [0.15, 0.2) is 0 Å². The quantitative estimate of drug-likeness (QED) is 0.579. The Hall–Kier alpha value is -1.06. The predicted octanol–water partition coefficient (Wildman–Crippen LogP) is 0.479. The highest BCUT2D eigenvalue weighted by atomic mass is 16.2. The third-order valence-electron chi connectivity index (χ3n) is 2.61. The summed E-state index contributed by atoms with van der Waals surface area (Å²) >= 11 is 0. The summed E-state index contributed by atoms with van der Waals surface area (Å²) in [7, 11) is 0. The first kappa shape index (κ1) is 7.58. The molecule has 1 heterocycles. The number of carbonyl (C=O) groups is 2. The molecule has 66 valence electrons. The van der Waals surface area contributed by atoms with Gasteiger partial charge in [-0.05, 0) is 26.2 Å². The minimum absolute atomic E-state index is 0.0651. The average molecular weight is 168 g/mol. The van der Waals surface area contributed by atoms with Crippen molar-refractivity contribution < 1.29 is 9.59 Å². The molecule has 0 aromatic carbocycles. The van der Waals surface area contributed by atoms with Gasteiger partial charge >= 0.3 is 6.03 Å². The number of hydrogen-bond donors (Lipinski definition) is 1. The molecule has 1 saturated heterocycles. The lowest BCUT2D eigenvalue weighted by molar-refractivity contribution is -0.129. The molecular weight excluding hydrogens is 156 g/mol. The second kappa shape index (κ2) is 2.47. The van der Waals surface area contributed by atoms with Crippen LogP contribution in [0.4, 0.5) is 4.79 Å². The molecule has 12 heavy (non-hydrogen) atoms. The molecule has 2 rings (SSSR count). The maximum atomic E-state index is 11.4. The van der Waals surface area contributed by atoms with Gasteiger partial charge in [0.2, 0.25) is 0 Å². The zero-order valence-corrected chi connectivity index (χ0v) is 7.04. The number of nitrogens with zero attached hydrogens (tertiary/aromatic N) is 1. The number of amides is 3. The standard InChI is InChI=1S/C8H12N2O2/c1-5-7(11)10(8(12)9-5)6-3-2-4-6/h5-6H,2-4H2,1H3,(H,9,12). The minimum atomic E-state index is -0.321. The van der Waals surface area contributed by atoms with Gasteiger partial charge in [0, 0.05) is 6.04 Å². The monoisotopic (exact) mass is 168 g/mol. The van der Waals surface area contributed by atoms with Crippen LogP contribution in [0.2, 0.25) is 0 Å². The van der Waals surface area contributed by atoms with Crippen LogP contribution in [0, 0.1) is 0 Å². The van der Waals surface area contributed by atoms with E-state index in [0.29, 0.717) is 0 Å². The summed E-state index contributed by atoms with van der Waals surface area (Å²) in [5.74, 6) is -0.0651. The maximum absolute atomic E-state index is 11.4. The molecule has 1 atom stereocenters. The largest absolute Gasteiger partial charge is 0.326 e. The van der Waals surface area contributed by atoms with Gasteiger partial charge in [-0.2, -0.15) is 0 Å². The molecule has 0 aromatic heterocycles. The van der Waals surface area contributed by atoms with E-state index in [2.05, 4.69) is 5.32 Å². The van der Waals surface area contributed by atoms with E-state index in [0.717, 1.165) is 19.3 Å². The predicted molar refractivity (Wildman–Crippen MR) is 42.5 cm³/mol. The second-order valence-electron chi connectivity index (χ2n) is 3.46. The van der Waals surface area contributed by atoms with Crippen LogP contribution in [-0.2, 0) is 4.79 Å². The van der Waals surface area contributed by atoms with Crippen LogP contribution in [-0.4, -0.2) is 28.9 Å². The smallest absolute Gasteiger partial charge is 0.325 e. The van der Waals surface area contributed by atoms with E-state index < -0.39 is 0 Å². The third-order valence-corrected chi connectivity index (χ3v) is 2.61. The van der Waals surface area contributed by atoms with E-state index in [1.165, 1.54) is 4.90 Å². The molecule has 1 aliphatic carbocycles. The number of hydrogen-bond acceptors (Lipinski definition) is 2. The second-order valence-corrected chi connectivity index (χ2v) is 3.46. The van der Waals surface area contributed by atoms with Gasteiger partial charge in [-0.15, -0.1) is 0 Å². The first-order valence-corrected chi connectivity index (χ1v) is 4.33. The Balaban J connectivity index is 2.12. The summed E-state index contributed by atoms with van der Waals surface area (Å²) in [5.41, 5.74) is 0. The fourth-order valence-electron chi connectivity index (χ4n) is 1.62. The minimum Gasteiger partial charge on any atom is -0.326 e. The number of nitrogens with one attached hydrogen (secondary N) is 1. The van der Waals surface area contributed by atoms with Crippen LogP contribution in [0.5, 0.6) is 0 Å². The van der Waals surface area contributed by atoms with Crippen molar-refractivity contribution in [3.63, 3.8) is 0 Å². The molecule has 0 spiro atoms. The first-order valence-electron chi connectivity index (χ1n) is 4.33. The first-order chi connectivity index (χ1) is 5.70. The van der Waals surface area contributed by atoms with Gasteiger partial charge in [0.1, 0.15) is 6.04 Å². The average Bonchev–Trinajstić information content (AvgIpc) is 2.13. The van der Waals surface area contributed by atoms with Crippen molar-refractivity contribution in [2.75, 3.05) is 0 Å². The van der Waals surface area contributed by atoms with E-state index >= 15 is 0 Å². The number of carbonyl (C=O) groups excluding carboxylic acids is 2. The Morgan fingerprint density at radius 1 is 1.42 bits per heavy atom. The van der Waals surface area contributed by atoms with E-state index in [-0.39, 0.29) is 24.0 Å². The number of urea groups is 1. The van der Waals surface area contributed by atoms with Gasteiger partial charge in [0.05, 0.1) is 0 Å². The molecule has 0 radical (unpaired) electrons. The maximum Gasteiger partial charge on any atom is 0.325 e. The Morgan fingerprint density at radius 3 is 2.42 bits per heavy atom. The normalized spacial score (nSPS) is 30.4. The summed E-state index contributed by atoms with van der Waals surface area (Å²) in [6.45, 7) is 1.72. The summed E-state index contributed by atoms with van der Waals surface area (Å²) in [6.07, 6.45) is 3.09. The Bertz CT molecular complexity index is 235. The van der Waals surface area contributed by atoms with Crippen LogP contribution in [0.15, 0.2) is 0 Å². The molecule has 2 fully saturated rings. The Morgan fingerprint density at radius 2 is 2.08 bits per heavy atom. The lowest BCUT2D eigenvalue weighted by Gasteiger charge is -2.32. The summed E-state index contributed by atoms with van der Waals surface area (Å²) in [4.78, 5) is 24.0. The van der Waals surface area contributed by atoms with E-state index in [1.54, 1.807) is 6.92 Å². The molecular formula is C8H12N2O2. The molecule has 1 N–H and O–H groups in total. The fourth-order valence-corrected chi connectivity index (χ4v) is 1.62. The van der Waals surface area contributed by atoms with E-state index in [9.17, 15) is 9.59 Å². The van der Waals surface area contributed by atoms with E-state index in [1.807, 2.05) is 0 Å². The highest BCUT2D eigenvalue weighted by Crippen LogP contribution is 2.27. The molecule has 4 heteroatoms. The van der Waals surface area contributed by atoms with Crippen molar-refractivity contribution >= 4 is 11.9 Å². The molecule has 3 amide bonds. The molecule has 4 nitrogen and oxygen atoms in total. The van der Waals surface area contributed by atoms with Gasteiger partial charge in [-0.25, -0.2) is 4.79 Å². The summed E-state index contributed by atoms with van der Waals surface area (Å²) in [6, 6.07) is -0.349. The van der Waals surface area contributed by atoms with E-state index in [4.69, 9.17) is 0 Å². The van der Waals surface area contributed by atoms with Gasteiger partial charge in [-0.3, -0.25) is 9.69 Å². The Kier molecular flexibility index (Phi) is 1.56. The lowest BCUT2D eigenvalue weighted by atomic mass is 9.92. The number of imide groups is 1. The van der Waals surface area contributed by atoms with Crippen molar-refractivity contribution in [2.45, 2.75) is 38.3 Å². The highest BCUT2D eigenvalue weighted by molar-refractivity contribution is 6.04. The number of rotatable bonds is 1. The van der Waals surface area contributed by atoms with Crippen LogP contribution in [0.25, 0.3) is 0 Å². The van der Waals surface area contributed by atoms with Gasteiger partial charge in [-0.1, -0.05) is 0 Å². The molecule has 1 unspecified atom stereocenters. The van der Waals surface area contributed by atoms with Crippen molar-refractivity contribution in [1.29, 1.82) is 0 Å². The lowest BCUT2D eigenvalue weighted by Crippen LogP contribution is -2.44. The van der Waals surface area contributed by atoms with Crippen LogP contribution in [0.1, 0.15) is 26.2 Å². The van der Waals surface area contributed by atoms with Crippen molar-refractivity contribution in [1.82, 2.24) is 10.2 Å². The molecule has 2 aliphatic rings. The van der Waals surface area contributed by atoms with Gasteiger partial charge in [0.25, 0.3) is 5.91 Å². The zero-order chi connectivity index (χ0) is 8.72. The Labute approximate surface area is 70.9 Å². The molecule has 0 bridgehead atoms. The van der Waals surface area contributed by atoms with Gasteiger partial charge < -0.3 is 5.32 Å². The van der Waals surface area contributed by atoms with Crippen molar-refractivity contribution in [3.8, 4) is 0 Å². The van der Waals surface area contributed by atoms with Crippen LogP contribution >= 0.6 is 0 Å². The zero-order valence-electron chi connectivity index (χ0n) is 7.04. The summed E-state index contributed by atoms with van der Waals surface area (Å²) in [5, 5.41) is 2.60. The molecule has 1 aliphatic heterocycles.